The van der Waals surface area contributed by atoms with Crippen LogP contribution in [0.25, 0.3) is 0 Å². The Morgan fingerprint density at radius 2 is 1.91 bits per heavy atom. The number of carbonyl (C=O) groups is 2. The Morgan fingerprint density at radius 3 is 2.58 bits per heavy atom. The number of aryl methyl sites for hydroxylation is 1. The fourth-order valence-electron chi connectivity index (χ4n) is 2.69. The molecule has 3 aromatic rings. The van der Waals surface area contributed by atoms with Crippen LogP contribution >= 0.6 is 11.6 Å². The summed E-state index contributed by atoms with van der Waals surface area (Å²) >= 11 is 6.20. The van der Waals surface area contributed by atoms with Gasteiger partial charge in [-0.3, -0.25) is 9.59 Å². The van der Waals surface area contributed by atoms with E-state index >= 15 is 0 Å². The summed E-state index contributed by atoms with van der Waals surface area (Å²) < 4.78 is 19.3. The van der Waals surface area contributed by atoms with Gasteiger partial charge in [0.1, 0.15) is 11.6 Å². The number of anilines is 1. The third-order valence-electron chi connectivity index (χ3n) is 4.37. The van der Waals surface area contributed by atoms with Crippen LogP contribution in [0.3, 0.4) is 0 Å². The third kappa shape index (κ3) is 6.63. The normalized spacial score (nSPS) is 10.5. The van der Waals surface area contributed by atoms with Crippen molar-refractivity contribution >= 4 is 35.3 Å². The maximum atomic E-state index is 13.9. The molecule has 0 aromatic heterocycles. The average Bonchev–Trinajstić information content (AvgIpc) is 2.79. The summed E-state index contributed by atoms with van der Waals surface area (Å²) in [6.07, 6.45) is 1.32. The van der Waals surface area contributed by atoms with Gasteiger partial charge in [-0.2, -0.15) is 10.4 Å². The second-order valence-corrected chi connectivity index (χ2v) is 7.31. The van der Waals surface area contributed by atoms with E-state index in [0.717, 1.165) is 11.6 Å². The Kier molecular flexibility index (Phi) is 7.73. The zero-order valence-electron chi connectivity index (χ0n) is 17.4. The van der Waals surface area contributed by atoms with Crippen molar-refractivity contribution in [2.45, 2.75) is 6.92 Å². The first-order chi connectivity index (χ1) is 15.9. The Hall–Kier alpha value is -4.22. The maximum absolute atomic E-state index is 13.9. The number of hydrogen-bond acceptors (Lipinski definition) is 5. The van der Waals surface area contributed by atoms with Crippen LogP contribution in [0.2, 0.25) is 5.02 Å². The molecule has 0 unspecified atom stereocenters. The molecule has 2 N–H and O–H groups in total. The lowest BCUT2D eigenvalue weighted by atomic mass is 10.1. The summed E-state index contributed by atoms with van der Waals surface area (Å²) in [6, 6.07) is 17.4. The first kappa shape index (κ1) is 23.4. The number of halogens is 2. The largest absolute Gasteiger partial charge is 0.482 e. The number of nitrogens with one attached hydrogen (secondary N) is 2. The molecule has 0 aliphatic rings. The number of nitriles is 1. The number of carbonyl (C=O) groups excluding carboxylic acids is 2. The SMILES string of the molecule is Cc1ccc(NC(=O)COc2ccc(/C=N/NC(=O)c3ccc(C#N)cc3F)cc2Cl)cc1. The predicted octanol–water partition coefficient (Wildman–Crippen LogP) is 4.44. The zero-order valence-corrected chi connectivity index (χ0v) is 18.2. The van der Waals surface area contributed by atoms with E-state index in [1.54, 1.807) is 30.3 Å². The number of hydrazone groups is 1. The second kappa shape index (κ2) is 10.9. The predicted molar refractivity (Wildman–Crippen MR) is 123 cm³/mol. The highest BCUT2D eigenvalue weighted by Crippen LogP contribution is 2.25. The van der Waals surface area contributed by atoms with Crippen molar-refractivity contribution < 1.29 is 18.7 Å². The maximum Gasteiger partial charge on any atom is 0.274 e. The molecule has 0 aliphatic carbocycles. The molecule has 2 amide bonds. The third-order valence-corrected chi connectivity index (χ3v) is 4.67. The van der Waals surface area contributed by atoms with Gasteiger partial charge >= 0.3 is 0 Å². The van der Waals surface area contributed by atoms with E-state index in [-0.39, 0.29) is 28.7 Å². The number of hydrogen-bond donors (Lipinski definition) is 2. The van der Waals surface area contributed by atoms with Gasteiger partial charge in [0.15, 0.2) is 6.61 Å². The van der Waals surface area contributed by atoms with Gasteiger partial charge in [-0.25, -0.2) is 9.82 Å². The minimum Gasteiger partial charge on any atom is -0.482 e. The van der Waals surface area contributed by atoms with E-state index < -0.39 is 11.7 Å². The van der Waals surface area contributed by atoms with Gasteiger partial charge in [0, 0.05) is 5.69 Å². The molecule has 3 aromatic carbocycles. The summed E-state index contributed by atoms with van der Waals surface area (Å²) in [5, 5.41) is 15.5. The standard InChI is InChI=1S/C24H18ClFN4O3/c1-15-2-6-18(7-3-15)29-23(31)14-33-22-9-5-17(10-20(22)25)13-28-30-24(32)19-8-4-16(12-27)11-21(19)26/h2-11,13H,14H2,1H3,(H,29,31)(H,30,32)/b28-13+. The van der Waals surface area contributed by atoms with Crippen LogP contribution in [0.15, 0.2) is 65.8 Å². The lowest BCUT2D eigenvalue weighted by Crippen LogP contribution is -2.20. The van der Waals surface area contributed by atoms with Crippen LogP contribution < -0.4 is 15.5 Å². The Morgan fingerprint density at radius 1 is 1.15 bits per heavy atom. The van der Waals surface area contributed by atoms with E-state index in [9.17, 15) is 14.0 Å². The first-order valence-corrected chi connectivity index (χ1v) is 10.1. The van der Waals surface area contributed by atoms with Crippen LogP contribution in [0.1, 0.15) is 27.0 Å². The molecule has 0 spiro atoms. The molecule has 0 heterocycles. The highest BCUT2D eigenvalue weighted by Gasteiger charge is 2.12. The molecule has 3 rings (SSSR count). The van der Waals surface area contributed by atoms with Gasteiger partial charge in [-0.1, -0.05) is 29.3 Å². The van der Waals surface area contributed by atoms with Crippen molar-refractivity contribution in [1.82, 2.24) is 5.43 Å². The Labute approximate surface area is 194 Å². The molecule has 7 nitrogen and oxygen atoms in total. The van der Waals surface area contributed by atoms with Crippen molar-refractivity contribution in [1.29, 1.82) is 5.26 Å². The second-order valence-electron chi connectivity index (χ2n) is 6.90. The summed E-state index contributed by atoms with van der Waals surface area (Å²) in [5.41, 5.74) is 4.36. The van der Waals surface area contributed by atoms with Gasteiger partial charge in [0.2, 0.25) is 0 Å². The van der Waals surface area contributed by atoms with E-state index in [0.29, 0.717) is 17.0 Å². The topological polar surface area (TPSA) is 104 Å². The monoisotopic (exact) mass is 464 g/mol. The van der Waals surface area contributed by atoms with E-state index in [2.05, 4.69) is 15.8 Å². The molecule has 0 bridgehead atoms. The molecule has 0 saturated carbocycles. The van der Waals surface area contributed by atoms with E-state index in [1.165, 1.54) is 24.4 Å². The molecular weight excluding hydrogens is 447 g/mol. The Balaban J connectivity index is 1.54. The fraction of sp³-hybridized carbons (Fsp3) is 0.0833. The minimum atomic E-state index is -0.822. The molecule has 0 atom stereocenters. The molecule has 166 valence electrons. The average molecular weight is 465 g/mol. The Bertz CT molecular complexity index is 1250. The van der Waals surface area contributed by atoms with Crippen molar-refractivity contribution in [3.8, 4) is 11.8 Å². The summed E-state index contributed by atoms with van der Waals surface area (Å²) in [7, 11) is 0. The van der Waals surface area contributed by atoms with Gasteiger partial charge in [0.25, 0.3) is 11.8 Å². The van der Waals surface area contributed by atoms with Gasteiger partial charge in [0.05, 0.1) is 28.4 Å². The van der Waals surface area contributed by atoms with E-state index in [1.807, 2.05) is 19.1 Å². The molecule has 0 saturated heterocycles. The van der Waals surface area contributed by atoms with Crippen LogP contribution in [0.5, 0.6) is 5.75 Å². The number of amides is 2. The molecular formula is C24H18ClFN4O3. The van der Waals surface area contributed by atoms with Crippen molar-refractivity contribution in [3.05, 3.63) is 93.8 Å². The zero-order chi connectivity index (χ0) is 23.8. The lowest BCUT2D eigenvalue weighted by Gasteiger charge is -2.09. The van der Waals surface area contributed by atoms with Gasteiger partial charge in [-0.15, -0.1) is 0 Å². The molecule has 0 aliphatic heterocycles. The van der Waals surface area contributed by atoms with Crippen molar-refractivity contribution in [3.63, 3.8) is 0 Å². The summed E-state index contributed by atoms with van der Waals surface area (Å²) in [4.78, 5) is 24.1. The highest BCUT2D eigenvalue weighted by atomic mass is 35.5. The fourth-order valence-corrected chi connectivity index (χ4v) is 2.93. The van der Waals surface area contributed by atoms with Gasteiger partial charge < -0.3 is 10.1 Å². The lowest BCUT2D eigenvalue weighted by molar-refractivity contribution is -0.118. The smallest absolute Gasteiger partial charge is 0.274 e. The van der Waals surface area contributed by atoms with E-state index in [4.69, 9.17) is 21.6 Å². The number of ether oxygens (including phenoxy) is 1. The van der Waals surface area contributed by atoms with Crippen LogP contribution in [0, 0.1) is 24.1 Å². The number of nitrogens with zero attached hydrogens (tertiary/aromatic N) is 2. The first-order valence-electron chi connectivity index (χ1n) is 9.67. The van der Waals surface area contributed by atoms with Gasteiger partial charge in [-0.05, 0) is 61.0 Å². The van der Waals surface area contributed by atoms with Crippen LogP contribution in [0.4, 0.5) is 10.1 Å². The number of rotatable bonds is 7. The van der Waals surface area contributed by atoms with Crippen molar-refractivity contribution in [2.75, 3.05) is 11.9 Å². The highest BCUT2D eigenvalue weighted by molar-refractivity contribution is 6.32. The quantitative estimate of drug-likeness (QED) is 0.398. The molecule has 9 heteroatoms. The minimum absolute atomic E-state index is 0.108. The van der Waals surface area contributed by atoms with Crippen molar-refractivity contribution in [2.24, 2.45) is 5.10 Å². The summed E-state index contributed by atoms with van der Waals surface area (Å²) in [6.45, 7) is 1.72. The molecule has 0 radical (unpaired) electrons. The summed E-state index contributed by atoms with van der Waals surface area (Å²) in [5.74, 6) is -1.62. The molecule has 33 heavy (non-hydrogen) atoms. The molecule has 0 fully saturated rings. The van der Waals surface area contributed by atoms with Crippen LogP contribution in [-0.4, -0.2) is 24.6 Å². The number of benzene rings is 3. The van der Waals surface area contributed by atoms with Crippen LogP contribution in [-0.2, 0) is 4.79 Å².